The van der Waals surface area contributed by atoms with Crippen molar-refractivity contribution in [1.29, 1.82) is 0 Å². The minimum Gasteiger partial charge on any atom is -0.390 e. The molecule has 0 aromatic heterocycles. The van der Waals surface area contributed by atoms with Gasteiger partial charge in [-0.2, -0.15) is 0 Å². The molecule has 0 spiro atoms. The Kier molecular flexibility index (Phi) is 2.57. The van der Waals surface area contributed by atoms with Crippen LogP contribution >= 0.6 is 0 Å². The van der Waals surface area contributed by atoms with Crippen LogP contribution in [-0.2, 0) is 4.74 Å². The van der Waals surface area contributed by atoms with E-state index < -0.39 is 5.60 Å². The summed E-state index contributed by atoms with van der Waals surface area (Å²) < 4.78 is 5.64. The number of aliphatic hydroxyl groups is 1. The number of rotatable bonds is 1. The van der Waals surface area contributed by atoms with Gasteiger partial charge in [0.25, 0.3) is 0 Å². The van der Waals surface area contributed by atoms with Crippen molar-refractivity contribution < 1.29 is 9.84 Å². The summed E-state index contributed by atoms with van der Waals surface area (Å²) in [6, 6.07) is 10.1. The van der Waals surface area contributed by atoms with E-state index >= 15 is 0 Å². The predicted molar refractivity (Wildman–Crippen MR) is 55.0 cm³/mol. The molecule has 2 rings (SSSR count). The van der Waals surface area contributed by atoms with Gasteiger partial charge in [0.2, 0.25) is 0 Å². The van der Waals surface area contributed by atoms with Crippen LogP contribution in [0.25, 0.3) is 0 Å². The van der Waals surface area contributed by atoms with Crippen LogP contribution in [0.4, 0.5) is 0 Å². The lowest BCUT2D eigenvalue weighted by atomic mass is 9.89. The van der Waals surface area contributed by atoms with E-state index in [9.17, 15) is 5.11 Å². The molecule has 2 atom stereocenters. The van der Waals surface area contributed by atoms with Gasteiger partial charge < -0.3 is 9.84 Å². The molecule has 1 N–H and O–H groups in total. The van der Waals surface area contributed by atoms with Gasteiger partial charge in [-0.1, -0.05) is 30.3 Å². The fraction of sp³-hybridized carbons (Fsp3) is 0.500. The SMILES string of the molecule is C[C@]1(O)CCO[C@H](c2ccccc2)C1. The molecule has 14 heavy (non-hydrogen) atoms. The maximum atomic E-state index is 9.93. The second-order valence-electron chi connectivity index (χ2n) is 4.22. The maximum Gasteiger partial charge on any atom is 0.0852 e. The van der Waals surface area contributed by atoms with Gasteiger partial charge in [-0.3, -0.25) is 0 Å². The Morgan fingerprint density at radius 3 is 2.71 bits per heavy atom. The van der Waals surface area contributed by atoms with E-state index in [0.717, 1.165) is 12.0 Å². The Morgan fingerprint density at radius 1 is 1.36 bits per heavy atom. The number of ether oxygens (including phenoxy) is 1. The summed E-state index contributed by atoms with van der Waals surface area (Å²) in [5, 5.41) is 9.93. The van der Waals surface area contributed by atoms with Gasteiger partial charge in [-0.25, -0.2) is 0 Å². The Morgan fingerprint density at radius 2 is 2.07 bits per heavy atom. The number of benzene rings is 1. The first kappa shape index (κ1) is 9.69. The fourth-order valence-corrected chi connectivity index (χ4v) is 1.86. The molecule has 1 aliphatic heterocycles. The topological polar surface area (TPSA) is 29.5 Å². The molecule has 1 aromatic carbocycles. The zero-order valence-corrected chi connectivity index (χ0v) is 8.44. The van der Waals surface area contributed by atoms with Crippen molar-refractivity contribution in [2.24, 2.45) is 0 Å². The molecule has 0 radical (unpaired) electrons. The molecule has 0 unspecified atom stereocenters. The zero-order chi connectivity index (χ0) is 10.0. The van der Waals surface area contributed by atoms with E-state index in [1.54, 1.807) is 0 Å². The van der Waals surface area contributed by atoms with Gasteiger partial charge >= 0.3 is 0 Å². The first-order valence-corrected chi connectivity index (χ1v) is 5.06. The molecular formula is C12H16O2. The molecule has 0 aliphatic carbocycles. The lowest BCUT2D eigenvalue weighted by molar-refractivity contribution is -0.0952. The van der Waals surface area contributed by atoms with Crippen LogP contribution in [0.1, 0.15) is 31.4 Å². The van der Waals surface area contributed by atoms with Crippen LogP contribution in [0.2, 0.25) is 0 Å². The first-order valence-electron chi connectivity index (χ1n) is 5.06. The number of hydrogen-bond donors (Lipinski definition) is 1. The molecule has 0 bridgehead atoms. The highest BCUT2D eigenvalue weighted by atomic mass is 16.5. The normalized spacial score (nSPS) is 32.9. The summed E-state index contributed by atoms with van der Waals surface area (Å²) in [6.45, 7) is 2.53. The summed E-state index contributed by atoms with van der Waals surface area (Å²) in [7, 11) is 0. The smallest absolute Gasteiger partial charge is 0.0852 e. The van der Waals surface area contributed by atoms with Crippen molar-refractivity contribution in [3.8, 4) is 0 Å². The van der Waals surface area contributed by atoms with Crippen LogP contribution in [-0.4, -0.2) is 17.3 Å². The van der Waals surface area contributed by atoms with Crippen molar-refractivity contribution in [1.82, 2.24) is 0 Å². The van der Waals surface area contributed by atoms with E-state index in [1.165, 1.54) is 0 Å². The van der Waals surface area contributed by atoms with E-state index in [0.29, 0.717) is 13.0 Å². The quantitative estimate of drug-likeness (QED) is 0.739. The minimum absolute atomic E-state index is 0.0555. The highest BCUT2D eigenvalue weighted by molar-refractivity contribution is 5.18. The Hall–Kier alpha value is -0.860. The van der Waals surface area contributed by atoms with Gasteiger partial charge in [0.15, 0.2) is 0 Å². The van der Waals surface area contributed by atoms with Crippen molar-refractivity contribution in [3.05, 3.63) is 35.9 Å². The standard InChI is InChI=1S/C12H16O2/c1-12(13)7-8-14-11(9-12)10-5-3-2-4-6-10/h2-6,11,13H,7-9H2,1H3/t11-,12-/m0/s1. The molecule has 2 heteroatoms. The molecule has 2 nitrogen and oxygen atoms in total. The second kappa shape index (κ2) is 3.71. The van der Waals surface area contributed by atoms with Gasteiger partial charge in [0.1, 0.15) is 0 Å². The predicted octanol–water partition coefficient (Wildman–Crippen LogP) is 2.29. The molecule has 0 saturated carbocycles. The summed E-state index contributed by atoms with van der Waals surface area (Å²) >= 11 is 0. The van der Waals surface area contributed by atoms with Crippen molar-refractivity contribution in [2.75, 3.05) is 6.61 Å². The minimum atomic E-state index is -0.571. The third kappa shape index (κ3) is 2.14. The average Bonchev–Trinajstić information content (AvgIpc) is 2.18. The van der Waals surface area contributed by atoms with E-state index in [4.69, 9.17) is 4.74 Å². The summed E-state index contributed by atoms with van der Waals surface area (Å²) in [4.78, 5) is 0. The lowest BCUT2D eigenvalue weighted by Crippen LogP contribution is -2.34. The monoisotopic (exact) mass is 192 g/mol. The van der Waals surface area contributed by atoms with Crippen LogP contribution in [0.15, 0.2) is 30.3 Å². The second-order valence-corrected chi connectivity index (χ2v) is 4.22. The molecule has 76 valence electrons. The number of hydrogen-bond acceptors (Lipinski definition) is 2. The zero-order valence-electron chi connectivity index (χ0n) is 8.44. The lowest BCUT2D eigenvalue weighted by Gasteiger charge is -2.34. The molecule has 1 aliphatic rings. The molecular weight excluding hydrogens is 176 g/mol. The molecule has 1 aromatic rings. The van der Waals surface area contributed by atoms with Gasteiger partial charge in [0.05, 0.1) is 18.3 Å². The molecule has 0 amide bonds. The van der Waals surface area contributed by atoms with Gasteiger partial charge in [-0.05, 0) is 18.9 Å². The van der Waals surface area contributed by atoms with E-state index in [2.05, 4.69) is 0 Å². The van der Waals surface area contributed by atoms with Crippen molar-refractivity contribution in [2.45, 2.75) is 31.5 Å². The highest BCUT2D eigenvalue weighted by Crippen LogP contribution is 2.33. The Bertz CT molecular complexity index is 292. The van der Waals surface area contributed by atoms with E-state index in [1.807, 2.05) is 37.3 Å². The van der Waals surface area contributed by atoms with Crippen molar-refractivity contribution >= 4 is 0 Å². The largest absolute Gasteiger partial charge is 0.390 e. The van der Waals surface area contributed by atoms with Crippen molar-refractivity contribution in [3.63, 3.8) is 0 Å². The summed E-state index contributed by atoms with van der Waals surface area (Å²) in [5.41, 5.74) is 0.589. The first-order chi connectivity index (χ1) is 6.67. The Balaban J connectivity index is 2.12. The summed E-state index contributed by atoms with van der Waals surface area (Å²) in [5.74, 6) is 0. The molecule has 1 heterocycles. The fourth-order valence-electron chi connectivity index (χ4n) is 1.86. The Labute approximate surface area is 84.5 Å². The molecule has 1 saturated heterocycles. The third-order valence-electron chi connectivity index (χ3n) is 2.76. The van der Waals surface area contributed by atoms with Crippen LogP contribution < -0.4 is 0 Å². The van der Waals surface area contributed by atoms with Crippen LogP contribution in [0, 0.1) is 0 Å². The van der Waals surface area contributed by atoms with E-state index in [-0.39, 0.29) is 6.10 Å². The molecule has 1 fully saturated rings. The highest BCUT2D eigenvalue weighted by Gasteiger charge is 2.31. The van der Waals surface area contributed by atoms with Crippen LogP contribution in [0.5, 0.6) is 0 Å². The van der Waals surface area contributed by atoms with Crippen LogP contribution in [0.3, 0.4) is 0 Å². The maximum absolute atomic E-state index is 9.93. The average molecular weight is 192 g/mol. The van der Waals surface area contributed by atoms with Gasteiger partial charge in [-0.15, -0.1) is 0 Å². The third-order valence-corrected chi connectivity index (χ3v) is 2.76. The van der Waals surface area contributed by atoms with Gasteiger partial charge in [0, 0.05) is 6.42 Å². The summed E-state index contributed by atoms with van der Waals surface area (Å²) in [6.07, 6.45) is 1.48.